The van der Waals surface area contributed by atoms with E-state index in [2.05, 4.69) is 50.3 Å². The lowest BCUT2D eigenvalue weighted by Gasteiger charge is -2.34. The maximum atomic E-state index is 12.8. The van der Waals surface area contributed by atoms with Crippen LogP contribution in [0.3, 0.4) is 0 Å². The SMILES string of the molecule is CCCCCCCC/C=C/C/C=C/C/C=C/CCCC(=O)OCC(COCCC(C(=O)[O-])[N+](C)(C)C)OC(=O)CCCCCCCCCCCCCCCCCCCCCCCC. The molecule has 0 N–H and O–H groups in total. The van der Waals surface area contributed by atoms with E-state index < -0.39 is 18.1 Å². The molecule has 0 bridgehead atoms. The average Bonchev–Trinajstić information content (AvgIpc) is 3.24. The van der Waals surface area contributed by atoms with Gasteiger partial charge in [-0.25, -0.2) is 0 Å². The van der Waals surface area contributed by atoms with Crippen LogP contribution >= 0.6 is 0 Å². The zero-order valence-electron chi connectivity index (χ0n) is 42.0. The highest BCUT2D eigenvalue weighted by molar-refractivity contribution is 5.70. The first-order chi connectivity index (χ1) is 30.6. The Morgan fingerprint density at radius 3 is 1.29 bits per heavy atom. The average molecular weight is 888 g/mol. The Labute approximate surface area is 389 Å². The van der Waals surface area contributed by atoms with Crippen molar-refractivity contribution in [3.63, 3.8) is 0 Å². The number of hydrogen-bond donors (Lipinski definition) is 0. The number of allylic oxidation sites excluding steroid dienone is 6. The number of likely N-dealkylation sites (N-methyl/N-ethyl adjacent to an activating group) is 1. The van der Waals surface area contributed by atoms with Crippen molar-refractivity contribution in [3.8, 4) is 0 Å². The molecule has 63 heavy (non-hydrogen) atoms. The summed E-state index contributed by atoms with van der Waals surface area (Å²) in [5, 5.41) is 11.7. The highest BCUT2D eigenvalue weighted by atomic mass is 16.6. The van der Waals surface area contributed by atoms with Gasteiger partial charge in [0, 0.05) is 19.3 Å². The van der Waals surface area contributed by atoms with E-state index in [0.29, 0.717) is 12.8 Å². The molecule has 0 rings (SSSR count). The van der Waals surface area contributed by atoms with Gasteiger partial charge in [-0.2, -0.15) is 0 Å². The molecule has 0 saturated carbocycles. The topological polar surface area (TPSA) is 102 Å². The molecule has 0 aliphatic carbocycles. The molecule has 0 heterocycles. The highest BCUT2D eigenvalue weighted by Gasteiger charge is 2.25. The van der Waals surface area contributed by atoms with Crippen LogP contribution in [0.1, 0.15) is 245 Å². The summed E-state index contributed by atoms with van der Waals surface area (Å²) in [5.74, 6) is -1.79. The first kappa shape index (κ1) is 60.5. The number of carbonyl (C=O) groups excluding carboxylic acids is 3. The van der Waals surface area contributed by atoms with Crippen molar-refractivity contribution in [1.82, 2.24) is 0 Å². The molecule has 0 radical (unpaired) electrons. The fraction of sp³-hybridized carbons (Fsp3) is 0.836. The lowest BCUT2D eigenvalue weighted by molar-refractivity contribution is -0.889. The van der Waals surface area contributed by atoms with Gasteiger partial charge in [-0.3, -0.25) is 9.59 Å². The molecule has 0 aromatic heterocycles. The van der Waals surface area contributed by atoms with E-state index in [1.807, 2.05) is 0 Å². The number of aliphatic carboxylic acids is 1. The van der Waals surface area contributed by atoms with Crippen LogP contribution < -0.4 is 5.11 Å². The van der Waals surface area contributed by atoms with Crippen LogP contribution in [0.5, 0.6) is 0 Å². The van der Waals surface area contributed by atoms with Crippen LogP contribution in [-0.4, -0.2) is 75.5 Å². The van der Waals surface area contributed by atoms with Crippen LogP contribution in [0.4, 0.5) is 0 Å². The Balaban J connectivity index is 4.25. The molecular weight excluding hydrogens is 787 g/mol. The standard InChI is InChI=1S/C55H101NO7/c1-6-8-10-12-14-16-18-20-22-24-25-26-27-28-30-32-34-36-38-40-42-44-46-54(58)63-51(49-61-48-47-52(55(59)60)56(3,4)5)50-62-53(57)45-43-41-39-37-35-33-31-29-23-21-19-17-15-13-11-9-7-2/h21,23,31,33,37,39,51-52H,6-20,22,24-30,32,34-36,38,40-50H2,1-5H3/b23-21+,33-31+,39-37+. The van der Waals surface area contributed by atoms with Crippen LogP contribution in [0.15, 0.2) is 36.5 Å². The van der Waals surface area contributed by atoms with E-state index >= 15 is 0 Å². The van der Waals surface area contributed by atoms with Gasteiger partial charge >= 0.3 is 11.9 Å². The predicted molar refractivity (Wildman–Crippen MR) is 263 cm³/mol. The number of quaternary nitrogens is 1. The Morgan fingerprint density at radius 1 is 0.476 bits per heavy atom. The molecule has 2 unspecified atom stereocenters. The van der Waals surface area contributed by atoms with Crippen LogP contribution in [0, 0.1) is 0 Å². The maximum absolute atomic E-state index is 12.8. The van der Waals surface area contributed by atoms with Gasteiger partial charge in [0.15, 0.2) is 6.10 Å². The van der Waals surface area contributed by atoms with Crippen molar-refractivity contribution in [2.75, 3.05) is 41.0 Å². The van der Waals surface area contributed by atoms with Gasteiger partial charge in [-0.05, 0) is 44.9 Å². The second-order valence-electron chi connectivity index (χ2n) is 19.1. The molecule has 0 aromatic carbocycles. The van der Waals surface area contributed by atoms with Crippen LogP contribution in [0.25, 0.3) is 0 Å². The lowest BCUT2D eigenvalue weighted by atomic mass is 10.0. The summed E-state index contributed by atoms with van der Waals surface area (Å²) in [7, 11) is 5.41. The first-order valence-corrected chi connectivity index (χ1v) is 26.5. The molecule has 0 saturated heterocycles. The van der Waals surface area contributed by atoms with Gasteiger partial charge in [0.1, 0.15) is 12.6 Å². The van der Waals surface area contributed by atoms with Gasteiger partial charge in [0.25, 0.3) is 0 Å². The largest absolute Gasteiger partial charge is 0.544 e. The molecule has 368 valence electrons. The highest BCUT2D eigenvalue weighted by Crippen LogP contribution is 2.16. The second kappa shape index (κ2) is 46.1. The number of carboxylic acids is 1. The number of esters is 2. The zero-order chi connectivity index (χ0) is 46.3. The minimum Gasteiger partial charge on any atom is -0.544 e. The lowest BCUT2D eigenvalue weighted by Crippen LogP contribution is -2.55. The summed E-state index contributed by atoms with van der Waals surface area (Å²) in [5.41, 5.74) is 0. The van der Waals surface area contributed by atoms with Crippen molar-refractivity contribution >= 4 is 17.9 Å². The van der Waals surface area contributed by atoms with Gasteiger partial charge in [0.05, 0.1) is 40.3 Å². The van der Waals surface area contributed by atoms with Crippen molar-refractivity contribution in [3.05, 3.63) is 36.5 Å². The number of rotatable bonds is 48. The fourth-order valence-corrected chi connectivity index (χ4v) is 7.91. The molecule has 2 atom stereocenters. The van der Waals surface area contributed by atoms with Gasteiger partial charge in [0.2, 0.25) is 0 Å². The minimum absolute atomic E-state index is 0.0282. The number of unbranched alkanes of at least 4 members (excludes halogenated alkanes) is 28. The van der Waals surface area contributed by atoms with E-state index in [-0.39, 0.29) is 49.1 Å². The Bertz CT molecular complexity index is 1130. The number of carbonyl (C=O) groups is 3. The number of hydrogen-bond acceptors (Lipinski definition) is 7. The molecule has 0 fully saturated rings. The monoisotopic (exact) mass is 888 g/mol. The van der Waals surface area contributed by atoms with Crippen molar-refractivity contribution in [2.45, 2.75) is 257 Å². The molecular formula is C55H101NO7. The smallest absolute Gasteiger partial charge is 0.306 e. The molecule has 8 heteroatoms. The number of nitrogens with zero attached hydrogens (tertiary/aromatic N) is 1. The summed E-state index contributed by atoms with van der Waals surface area (Å²) in [6.07, 6.45) is 54.8. The minimum atomic E-state index is -1.13. The molecule has 0 aromatic rings. The van der Waals surface area contributed by atoms with Crippen LogP contribution in [0.2, 0.25) is 0 Å². The quantitative estimate of drug-likeness (QED) is 0.0259. The molecule has 0 aliphatic rings. The summed E-state index contributed by atoms with van der Waals surface area (Å²) >= 11 is 0. The predicted octanol–water partition coefficient (Wildman–Crippen LogP) is 14.0. The van der Waals surface area contributed by atoms with Gasteiger partial charge < -0.3 is 28.6 Å². The third-order valence-electron chi connectivity index (χ3n) is 12.0. The van der Waals surface area contributed by atoms with Crippen molar-refractivity contribution < 1.29 is 38.2 Å². The van der Waals surface area contributed by atoms with Crippen molar-refractivity contribution in [1.29, 1.82) is 0 Å². The Morgan fingerprint density at radius 2 is 0.857 bits per heavy atom. The second-order valence-corrected chi connectivity index (χ2v) is 19.1. The van der Waals surface area contributed by atoms with E-state index in [4.69, 9.17) is 14.2 Å². The number of carboxylic acid groups (broad SMARTS) is 1. The third kappa shape index (κ3) is 44.5. The van der Waals surface area contributed by atoms with Gasteiger partial charge in [-0.15, -0.1) is 0 Å². The summed E-state index contributed by atoms with van der Waals surface area (Å²) in [6, 6.07) is -0.732. The number of ether oxygens (including phenoxy) is 3. The zero-order valence-corrected chi connectivity index (χ0v) is 42.0. The van der Waals surface area contributed by atoms with Crippen LogP contribution in [-0.2, 0) is 28.6 Å². The maximum Gasteiger partial charge on any atom is 0.306 e. The fourth-order valence-electron chi connectivity index (χ4n) is 7.91. The Kier molecular flexibility index (Phi) is 44.3. The van der Waals surface area contributed by atoms with Crippen molar-refractivity contribution in [2.24, 2.45) is 0 Å². The van der Waals surface area contributed by atoms with E-state index in [0.717, 1.165) is 38.5 Å². The molecule has 0 amide bonds. The summed E-state index contributed by atoms with van der Waals surface area (Å²) in [6.45, 7) is 4.64. The molecule has 0 aliphatic heterocycles. The Hall–Kier alpha value is -2.45. The molecule has 0 spiro atoms. The van der Waals surface area contributed by atoms with E-state index in [1.165, 1.54) is 167 Å². The first-order valence-electron chi connectivity index (χ1n) is 26.5. The summed E-state index contributed by atoms with van der Waals surface area (Å²) in [4.78, 5) is 37.0. The third-order valence-corrected chi connectivity index (χ3v) is 12.0. The summed E-state index contributed by atoms with van der Waals surface area (Å²) < 4.78 is 17.2. The normalized spacial score (nSPS) is 13.1. The molecule has 8 nitrogen and oxygen atoms in total. The van der Waals surface area contributed by atoms with E-state index in [9.17, 15) is 19.5 Å². The van der Waals surface area contributed by atoms with E-state index in [1.54, 1.807) is 21.1 Å². The van der Waals surface area contributed by atoms with Gasteiger partial charge in [-0.1, -0.05) is 217 Å².